The summed E-state index contributed by atoms with van der Waals surface area (Å²) in [5.74, 6) is -3.25. The van der Waals surface area contributed by atoms with E-state index in [0.717, 1.165) is 20.8 Å². The Bertz CT molecular complexity index is 328. The Balaban J connectivity index is -0.0000000242. The van der Waals surface area contributed by atoms with Crippen LogP contribution in [-0.2, 0) is 33.9 Å². The Labute approximate surface area is 204 Å². The van der Waals surface area contributed by atoms with Crippen LogP contribution in [0.3, 0.4) is 0 Å². The third kappa shape index (κ3) is 1640. The molecule has 1 radical (unpaired) electrons. The second-order valence-electron chi connectivity index (χ2n) is 2.38. The van der Waals surface area contributed by atoms with Crippen LogP contribution in [0.2, 0.25) is 0 Å². The third-order valence-corrected chi connectivity index (χ3v) is 0. The fourth-order valence-electron chi connectivity index (χ4n) is 0. The number of carbonyl (C=O) groups excluding carboxylic acids is 3. The first-order valence-corrected chi connectivity index (χ1v) is 4.93. The monoisotopic (exact) mass is 667 g/mol. The van der Waals surface area contributed by atoms with E-state index in [-0.39, 0.29) is 55.1 Å². The van der Waals surface area contributed by atoms with Gasteiger partial charge < -0.3 is 80.9 Å². The van der Waals surface area contributed by atoms with Gasteiger partial charge in [0, 0.05) is 17.9 Å². The Morgan fingerprint density at radius 3 is 0.567 bits per heavy atom. The summed E-state index contributed by atoms with van der Waals surface area (Å²) in [6.07, 6.45) is 0. The van der Waals surface area contributed by atoms with Crippen LogP contribution in [0.4, 0.5) is 0 Å². The molecule has 0 aliphatic carbocycles. The van der Waals surface area contributed by atoms with Crippen LogP contribution in [0.25, 0.3) is 0 Å². The maximum absolute atomic E-state index is 8.89. The molecule has 0 spiro atoms. The number of carboxylic acids is 3. The van der Waals surface area contributed by atoms with Crippen molar-refractivity contribution in [1.29, 1.82) is 0 Å². The van der Waals surface area contributed by atoms with E-state index >= 15 is 0 Å². The third-order valence-electron chi connectivity index (χ3n) is 0. The van der Waals surface area contributed by atoms with Crippen LogP contribution in [-0.4, -0.2) is 43.5 Å². The molecule has 0 unspecified atom stereocenters. The molecule has 1 N–H and O–H groups in total. The first-order valence-electron chi connectivity index (χ1n) is 4.93. The quantitative estimate of drug-likeness (QED) is 0.144. The zero-order valence-electron chi connectivity index (χ0n) is 14.6. The van der Waals surface area contributed by atoms with Crippen LogP contribution < -0.4 is 15.3 Å². The molecular formula is C6H10LaN4O18Ru. The number of aliphatic carboxylic acids is 3. The fourth-order valence-corrected chi connectivity index (χ4v) is 0. The number of hydrogen-bond acceptors (Lipinski definition) is 17. The zero-order chi connectivity index (χ0) is 25.0. The van der Waals surface area contributed by atoms with Crippen LogP contribution in [0.1, 0.15) is 20.8 Å². The number of hydrogen-bond donors (Lipinski definition) is 1. The zero-order valence-corrected chi connectivity index (χ0v) is 20.0. The minimum atomic E-state index is -1.75. The molecular weight excluding hydrogens is 656 g/mol. The molecule has 0 fully saturated rings. The van der Waals surface area contributed by atoms with Gasteiger partial charge in [-0.25, -0.2) is 0 Å². The van der Waals surface area contributed by atoms with Gasteiger partial charge in [-0.1, -0.05) is 0 Å². The van der Waals surface area contributed by atoms with Gasteiger partial charge in [-0.3, -0.25) is 0 Å². The maximum atomic E-state index is 8.89. The summed E-state index contributed by atoms with van der Waals surface area (Å²) >= 11 is 0. The smallest absolute Gasteiger partial charge is 0.550 e. The number of carboxylic acid groups (broad SMARTS) is 3. The van der Waals surface area contributed by atoms with Gasteiger partial charge in [-0.2, -0.15) is 0 Å². The minimum Gasteiger partial charge on any atom is -0.550 e. The number of nitrogens with zero attached hydrogens (tertiary/aromatic N) is 4. The first kappa shape index (κ1) is 56.3. The minimum absolute atomic E-state index is 0. The molecule has 0 aromatic rings. The predicted octanol–water partition coefficient (Wildman–Crippen LogP) is -4.80. The average molecular weight is 666 g/mol. The van der Waals surface area contributed by atoms with Gasteiger partial charge in [-0.05, 0) is 20.8 Å². The Kier molecular flexibility index (Phi) is 94.2. The molecule has 0 aliphatic heterocycles. The van der Waals surface area contributed by atoms with Crippen molar-refractivity contribution in [3.8, 4) is 0 Å². The molecule has 0 saturated heterocycles. The van der Waals surface area contributed by atoms with Crippen molar-refractivity contribution >= 4 is 17.9 Å². The van der Waals surface area contributed by atoms with Gasteiger partial charge in [-0.15, -0.1) is 10.1 Å². The van der Waals surface area contributed by atoms with E-state index in [9.17, 15) is 0 Å². The Morgan fingerprint density at radius 2 is 0.567 bits per heavy atom. The van der Waals surface area contributed by atoms with Crippen molar-refractivity contribution in [3.63, 3.8) is 0 Å². The van der Waals surface area contributed by atoms with Gasteiger partial charge in [0.05, 0.1) is 15.3 Å². The van der Waals surface area contributed by atoms with E-state index in [1.807, 2.05) is 0 Å². The summed E-state index contributed by atoms with van der Waals surface area (Å²) in [6.45, 7) is 2.92. The van der Waals surface area contributed by atoms with E-state index in [1.54, 1.807) is 0 Å². The molecule has 0 rings (SSSR count). The van der Waals surface area contributed by atoms with Gasteiger partial charge in [0.25, 0.3) is 5.09 Å². The molecule has 0 saturated carbocycles. The van der Waals surface area contributed by atoms with E-state index in [4.69, 9.17) is 91.0 Å². The van der Waals surface area contributed by atoms with Gasteiger partial charge in [0.2, 0.25) is 0 Å². The molecule has 30 heavy (non-hydrogen) atoms. The number of carbonyl (C=O) groups is 3. The summed E-state index contributed by atoms with van der Waals surface area (Å²) in [5.41, 5.74) is 0. The van der Waals surface area contributed by atoms with Crippen LogP contribution in [0, 0.1) is 91.7 Å². The van der Waals surface area contributed by atoms with Gasteiger partial charge in [0.1, 0.15) is 0 Å². The van der Waals surface area contributed by atoms with Crippen molar-refractivity contribution < 1.29 is 110 Å². The van der Waals surface area contributed by atoms with Crippen LogP contribution >= 0.6 is 0 Å². The molecule has 0 amide bonds. The molecule has 0 aromatic carbocycles. The second kappa shape index (κ2) is 50.2. The molecule has 22 nitrogen and oxygen atoms in total. The summed E-state index contributed by atoms with van der Waals surface area (Å²) < 4.78 is 0. The van der Waals surface area contributed by atoms with Gasteiger partial charge >= 0.3 is 55.1 Å². The largest absolute Gasteiger partial charge is 3.00 e. The SMILES string of the molecule is CC(=O)[O-].CC(=O)[O-].CC(=O)[O-].O=[N+]([O-])O.O=[N+]([O-])[O-].O=[N+]([O-])[O-].O=[N+]([O-])[O-].[La+3].[Ru+3]. The van der Waals surface area contributed by atoms with Crippen molar-refractivity contribution in [2.45, 2.75) is 20.8 Å². The summed E-state index contributed by atoms with van der Waals surface area (Å²) in [7, 11) is 0. The van der Waals surface area contributed by atoms with Crippen molar-refractivity contribution in [3.05, 3.63) is 56.1 Å². The molecule has 0 aliphatic rings. The summed E-state index contributed by atoms with van der Waals surface area (Å²) in [4.78, 5) is 59.8. The fraction of sp³-hybridized carbons (Fsp3) is 0.500. The normalized spacial score (nSPS) is 5.70. The van der Waals surface area contributed by atoms with E-state index in [1.165, 1.54) is 0 Å². The molecule has 0 bridgehead atoms. The molecule has 0 atom stereocenters. The van der Waals surface area contributed by atoms with E-state index in [2.05, 4.69) is 0 Å². The summed E-state index contributed by atoms with van der Waals surface area (Å²) in [5, 5.41) is 84.6. The molecule has 0 heterocycles. The van der Waals surface area contributed by atoms with Crippen LogP contribution in [0.5, 0.6) is 0 Å². The summed E-state index contributed by atoms with van der Waals surface area (Å²) in [6, 6.07) is 0. The van der Waals surface area contributed by atoms with E-state index in [0.29, 0.717) is 0 Å². The molecule has 24 heteroatoms. The second-order valence-corrected chi connectivity index (χ2v) is 2.38. The molecule has 173 valence electrons. The number of rotatable bonds is 0. The Hall–Kier alpha value is -2.97. The van der Waals surface area contributed by atoms with Crippen molar-refractivity contribution in [2.24, 2.45) is 0 Å². The first-order chi connectivity index (χ1) is 12.1. The molecule has 0 aromatic heterocycles. The average Bonchev–Trinajstić information content (AvgIpc) is 2.20. The van der Waals surface area contributed by atoms with E-state index < -0.39 is 38.3 Å². The van der Waals surface area contributed by atoms with Crippen molar-refractivity contribution in [2.75, 3.05) is 0 Å². The predicted molar refractivity (Wildman–Crippen MR) is 71.9 cm³/mol. The standard InChI is InChI=1S/3C2H4O2.La.HNO3.3NO3.Ru/c3*1-2(3)4;;4*2-1(3)4;/h3*1H3,(H,3,4);;(H,2,3,4);;;;/q;;;+3;;3*-1;+3/p-3. The van der Waals surface area contributed by atoms with Crippen LogP contribution in [0.15, 0.2) is 0 Å². The maximum Gasteiger partial charge on any atom is 3.00 e. The topological polar surface area (TPSA) is 382 Å². The Morgan fingerprint density at radius 1 is 0.567 bits per heavy atom. The van der Waals surface area contributed by atoms with Gasteiger partial charge in [0.15, 0.2) is 0 Å². The van der Waals surface area contributed by atoms with Crippen molar-refractivity contribution in [1.82, 2.24) is 0 Å².